The van der Waals surface area contributed by atoms with Crippen LogP contribution in [0.25, 0.3) is 54.3 Å². The molecule has 0 fully saturated rings. The van der Waals surface area contributed by atoms with Crippen LogP contribution in [0, 0.1) is 29.7 Å². The smallest absolute Gasteiger partial charge is 0.164 e. The first-order valence-electron chi connectivity index (χ1n) is 19.8. The Balaban J connectivity index is 0.000000320. The van der Waals surface area contributed by atoms with Crippen LogP contribution in [-0.4, -0.2) is 15.9 Å². The van der Waals surface area contributed by atoms with E-state index >= 15 is 0 Å². The van der Waals surface area contributed by atoms with E-state index in [0.717, 1.165) is 70.5 Å². The van der Waals surface area contributed by atoms with Gasteiger partial charge in [-0.3, -0.25) is 9.78 Å². The summed E-state index contributed by atoms with van der Waals surface area (Å²) in [4.78, 5) is 18.3. The third-order valence-corrected chi connectivity index (χ3v) is 12.6. The Labute approximate surface area is 347 Å². The number of nitrogens with zero attached hydrogens (tertiary/aromatic N) is 1. The number of aliphatic hydroxyl groups is 1. The van der Waals surface area contributed by atoms with Gasteiger partial charge in [0.1, 0.15) is 21.9 Å². The number of furan rings is 1. The SMILES string of the molecule is CCC(C)(CC)C(=O)/C=C(\O)C(C)(CC)CC.Cc1oc2cc(-c3cc(-c4[c-]c5ccccc5c(C(C)(C)C)c4)nc4sccc34)ccc2c1CC(C)C.[Ir]. The van der Waals surface area contributed by atoms with Crippen molar-refractivity contribution >= 4 is 49.1 Å². The molecule has 0 atom stereocenters. The van der Waals surface area contributed by atoms with E-state index in [9.17, 15) is 9.90 Å². The van der Waals surface area contributed by atoms with Crippen molar-refractivity contribution in [1.82, 2.24) is 4.98 Å². The Morgan fingerprint density at radius 1 is 0.873 bits per heavy atom. The van der Waals surface area contributed by atoms with Gasteiger partial charge in [0, 0.05) is 59.0 Å². The average molecular weight is 935 g/mol. The monoisotopic (exact) mass is 935 g/mol. The zero-order valence-electron chi connectivity index (χ0n) is 35.0. The molecule has 0 aliphatic carbocycles. The largest absolute Gasteiger partial charge is 0.512 e. The summed E-state index contributed by atoms with van der Waals surface area (Å²) >= 11 is 1.69. The number of allylic oxidation sites excluding steroid dienone is 2. The van der Waals surface area contributed by atoms with Gasteiger partial charge in [0.15, 0.2) is 5.78 Å². The fourth-order valence-corrected chi connectivity index (χ4v) is 7.89. The second kappa shape index (κ2) is 17.7. The summed E-state index contributed by atoms with van der Waals surface area (Å²) in [5.74, 6) is 1.90. The van der Waals surface area contributed by atoms with E-state index in [2.05, 4.69) is 114 Å². The van der Waals surface area contributed by atoms with Crippen LogP contribution in [0.15, 0.2) is 82.3 Å². The molecule has 0 aliphatic heterocycles. The van der Waals surface area contributed by atoms with Gasteiger partial charge in [-0.2, -0.15) is 0 Å². The number of rotatable bonds is 11. The van der Waals surface area contributed by atoms with Crippen LogP contribution in [0.2, 0.25) is 0 Å². The second-order valence-corrected chi connectivity index (χ2v) is 17.9. The van der Waals surface area contributed by atoms with Crippen molar-refractivity contribution in [2.75, 3.05) is 0 Å². The van der Waals surface area contributed by atoms with Gasteiger partial charge in [-0.1, -0.05) is 124 Å². The van der Waals surface area contributed by atoms with Crippen molar-refractivity contribution in [2.24, 2.45) is 16.7 Å². The van der Waals surface area contributed by atoms with Crippen molar-refractivity contribution in [3.8, 4) is 22.4 Å². The molecule has 6 rings (SSSR count). The zero-order valence-corrected chi connectivity index (χ0v) is 38.2. The van der Waals surface area contributed by atoms with E-state index in [1.54, 1.807) is 11.3 Å². The number of ketones is 1. The maximum Gasteiger partial charge on any atom is 0.164 e. The summed E-state index contributed by atoms with van der Waals surface area (Å²) in [6.07, 6.45) is 5.78. The predicted octanol–water partition coefficient (Wildman–Crippen LogP) is 14.8. The van der Waals surface area contributed by atoms with Crippen LogP contribution in [0.4, 0.5) is 0 Å². The first kappa shape index (κ1) is 44.1. The molecule has 0 saturated carbocycles. The topological polar surface area (TPSA) is 63.3 Å². The first-order chi connectivity index (χ1) is 25.5. The minimum Gasteiger partial charge on any atom is -0.512 e. The number of aryl methyl sites for hydroxylation is 1. The van der Waals surface area contributed by atoms with Gasteiger partial charge < -0.3 is 9.52 Å². The summed E-state index contributed by atoms with van der Waals surface area (Å²) < 4.78 is 6.25. The molecule has 6 aromatic rings. The van der Waals surface area contributed by atoms with Crippen LogP contribution >= 0.6 is 11.3 Å². The van der Waals surface area contributed by atoms with E-state index in [-0.39, 0.29) is 47.9 Å². The number of aliphatic hydroxyl groups excluding tert-OH is 1. The molecule has 3 aromatic heterocycles. The maximum absolute atomic E-state index is 12.2. The van der Waals surface area contributed by atoms with E-state index in [4.69, 9.17) is 9.40 Å². The summed E-state index contributed by atoms with van der Waals surface area (Å²) in [6, 6.07) is 25.6. The van der Waals surface area contributed by atoms with Crippen LogP contribution < -0.4 is 0 Å². The normalized spacial score (nSPS) is 12.6. The molecule has 0 spiro atoms. The minimum atomic E-state index is -0.337. The van der Waals surface area contributed by atoms with Gasteiger partial charge in [-0.25, -0.2) is 0 Å². The average Bonchev–Trinajstić information content (AvgIpc) is 3.76. The fourth-order valence-electron chi connectivity index (χ4n) is 7.10. The summed E-state index contributed by atoms with van der Waals surface area (Å²) in [5, 5.41) is 17.1. The van der Waals surface area contributed by atoms with Crippen LogP contribution in [0.5, 0.6) is 0 Å². The van der Waals surface area contributed by atoms with Gasteiger partial charge in [0.25, 0.3) is 0 Å². The second-order valence-electron chi connectivity index (χ2n) is 17.0. The van der Waals surface area contributed by atoms with Gasteiger partial charge in [0.2, 0.25) is 0 Å². The molecule has 1 N–H and O–H groups in total. The number of carbonyl (C=O) groups is 1. The first-order valence-corrected chi connectivity index (χ1v) is 20.7. The number of aromatic nitrogens is 1. The van der Waals surface area contributed by atoms with E-state index in [0.29, 0.717) is 5.92 Å². The fraction of sp³-hybridized carbons (Fsp3) is 0.429. The van der Waals surface area contributed by atoms with Gasteiger partial charge in [-0.05, 0) is 79.0 Å². The van der Waals surface area contributed by atoms with Crippen molar-refractivity contribution < 1.29 is 34.4 Å². The third kappa shape index (κ3) is 9.36. The molecule has 6 heteroatoms. The summed E-state index contributed by atoms with van der Waals surface area (Å²) in [6.45, 7) is 25.5. The molecule has 4 nitrogen and oxygen atoms in total. The molecular weight excluding hydrogens is 875 g/mol. The molecule has 3 heterocycles. The van der Waals surface area contributed by atoms with Crippen LogP contribution in [0.3, 0.4) is 0 Å². The van der Waals surface area contributed by atoms with E-state index < -0.39 is 0 Å². The Hall–Kier alpha value is -3.57. The van der Waals surface area contributed by atoms with Crippen molar-refractivity contribution in [3.05, 3.63) is 101 Å². The van der Waals surface area contributed by atoms with Crippen LogP contribution in [-0.2, 0) is 36.7 Å². The molecule has 55 heavy (non-hydrogen) atoms. The third-order valence-electron chi connectivity index (χ3n) is 11.8. The van der Waals surface area contributed by atoms with Crippen LogP contribution in [0.1, 0.15) is 119 Å². The van der Waals surface area contributed by atoms with E-state index in [1.807, 2.05) is 41.5 Å². The number of hydrogen-bond donors (Lipinski definition) is 1. The minimum absolute atomic E-state index is 0. The molecule has 0 saturated heterocycles. The Kier molecular flexibility index (Phi) is 14.2. The predicted molar refractivity (Wildman–Crippen MR) is 232 cm³/mol. The van der Waals surface area contributed by atoms with Gasteiger partial charge in [-0.15, -0.1) is 40.5 Å². The van der Waals surface area contributed by atoms with Gasteiger partial charge in [0.05, 0.1) is 0 Å². The standard InChI is InChI=1S/C34H32NOS.C15H28O2.Ir/c1-20(2)15-28-21(3)36-32-18-23(11-12-26(28)32)29-19-31(35-33-27(29)13-14-37-33)24-16-22-9-7-8-10-25(22)30(17-24)34(4,5)6;1-7-14(5,8-2)12(16)11-13(17)15(6,9-3)10-4;/h7-14,17-20H,15H2,1-6H3;11,16H,7-10H2,1-6H3;/q-1;;/b;12-11-;. The van der Waals surface area contributed by atoms with Crippen molar-refractivity contribution in [2.45, 2.75) is 121 Å². The Morgan fingerprint density at radius 2 is 1.53 bits per heavy atom. The molecule has 0 aliphatic rings. The maximum atomic E-state index is 12.2. The molecule has 295 valence electrons. The summed E-state index contributed by atoms with van der Waals surface area (Å²) in [5.41, 5.74) is 7.34. The summed E-state index contributed by atoms with van der Waals surface area (Å²) in [7, 11) is 0. The van der Waals surface area contributed by atoms with Gasteiger partial charge >= 0.3 is 0 Å². The number of pyridine rings is 1. The zero-order chi connectivity index (χ0) is 39.6. The van der Waals surface area contributed by atoms with E-state index in [1.165, 1.54) is 38.9 Å². The number of fused-ring (bicyclic) bond motifs is 3. The molecule has 0 amide bonds. The number of carbonyl (C=O) groups excluding carboxylic acids is 1. The number of hydrogen-bond acceptors (Lipinski definition) is 5. The molecule has 0 bridgehead atoms. The molecule has 3 aromatic carbocycles. The Bertz CT molecular complexity index is 2290. The van der Waals surface area contributed by atoms with Crippen molar-refractivity contribution in [3.63, 3.8) is 0 Å². The van der Waals surface area contributed by atoms with Crippen molar-refractivity contribution in [1.29, 1.82) is 0 Å². The Morgan fingerprint density at radius 3 is 2.15 bits per heavy atom. The molecule has 1 radical (unpaired) electrons. The quantitative estimate of drug-likeness (QED) is 0.0799. The molecular formula is C49H60IrNO3S-. The molecule has 0 unspecified atom stereocenters. The number of benzene rings is 3. The number of thiophene rings is 1.